The van der Waals surface area contributed by atoms with Crippen molar-refractivity contribution < 1.29 is 9.53 Å². The molecule has 1 aliphatic heterocycles. The molecule has 1 saturated heterocycles. The fourth-order valence-electron chi connectivity index (χ4n) is 3.85. The molecule has 3 aromatic heterocycles. The molecule has 0 amide bonds. The van der Waals surface area contributed by atoms with Gasteiger partial charge >= 0.3 is 0 Å². The maximum absolute atomic E-state index is 10.4. The minimum absolute atomic E-state index is 0.240. The molecule has 4 aromatic rings. The molecular formula is C25H33N9O2. The van der Waals surface area contributed by atoms with Gasteiger partial charge in [0.2, 0.25) is 5.95 Å². The van der Waals surface area contributed by atoms with Gasteiger partial charge in [-0.1, -0.05) is 0 Å². The van der Waals surface area contributed by atoms with Crippen LogP contribution in [0.5, 0.6) is 5.75 Å². The lowest BCUT2D eigenvalue weighted by Gasteiger charge is -2.32. The van der Waals surface area contributed by atoms with Crippen LogP contribution in [0.4, 0.5) is 11.6 Å². The second kappa shape index (κ2) is 12.1. The molecule has 11 heteroatoms. The number of carbonyl (C=O) groups is 1. The van der Waals surface area contributed by atoms with E-state index >= 15 is 0 Å². The first-order valence-corrected chi connectivity index (χ1v) is 11.9. The Hall–Kier alpha value is -3.96. The number of aromatic nitrogens is 5. The van der Waals surface area contributed by atoms with Gasteiger partial charge in [0.1, 0.15) is 18.6 Å². The van der Waals surface area contributed by atoms with Gasteiger partial charge in [0, 0.05) is 63.4 Å². The number of hydrogen-bond donors (Lipinski definition) is 2. The quantitative estimate of drug-likeness (QED) is 0.355. The Labute approximate surface area is 210 Å². The molecule has 0 saturated carbocycles. The lowest BCUT2D eigenvalue weighted by molar-refractivity contribution is -0.108. The van der Waals surface area contributed by atoms with Crippen molar-refractivity contribution in [3.05, 3.63) is 55.0 Å². The zero-order chi connectivity index (χ0) is 25.3. The summed E-state index contributed by atoms with van der Waals surface area (Å²) in [7, 11) is 4.10. The fourth-order valence-corrected chi connectivity index (χ4v) is 3.85. The van der Waals surface area contributed by atoms with Crippen molar-refractivity contribution >= 4 is 23.6 Å². The summed E-state index contributed by atoms with van der Waals surface area (Å²) in [5.41, 5.74) is 9.18. The monoisotopic (exact) mass is 491 g/mol. The van der Waals surface area contributed by atoms with E-state index in [0.717, 1.165) is 68.2 Å². The summed E-state index contributed by atoms with van der Waals surface area (Å²) in [5.74, 6) is 1.19. The van der Waals surface area contributed by atoms with Gasteiger partial charge in [-0.3, -0.25) is 9.58 Å². The molecule has 0 atom stereocenters. The van der Waals surface area contributed by atoms with Crippen molar-refractivity contribution in [2.45, 2.75) is 6.54 Å². The number of ether oxygens (including phenoxy) is 1. The van der Waals surface area contributed by atoms with Gasteiger partial charge < -0.3 is 25.5 Å². The van der Waals surface area contributed by atoms with Gasteiger partial charge in [0.25, 0.3) is 0 Å². The number of aldehydes is 1. The third-order valence-corrected chi connectivity index (χ3v) is 6.00. The Bertz CT molecular complexity index is 1240. The summed E-state index contributed by atoms with van der Waals surface area (Å²) in [6.07, 6.45) is 6.10. The SMILES string of the molecule is CNc1ccc(OCCN2CCN(C)CC2)cc1.Nc1nc2cc(-c3cnn(CC=O)c3)ccn2n1. The minimum atomic E-state index is 0.240. The summed E-state index contributed by atoms with van der Waals surface area (Å²) in [6, 6.07) is 11.8. The van der Waals surface area contributed by atoms with Crippen LogP contribution in [0.1, 0.15) is 0 Å². The van der Waals surface area contributed by atoms with Crippen molar-refractivity contribution in [1.82, 2.24) is 34.2 Å². The van der Waals surface area contributed by atoms with Crippen molar-refractivity contribution in [1.29, 1.82) is 0 Å². The van der Waals surface area contributed by atoms with Crippen LogP contribution in [-0.2, 0) is 11.3 Å². The Morgan fingerprint density at radius 1 is 1.11 bits per heavy atom. The summed E-state index contributed by atoms with van der Waals surface area (Å²) in [6.45, 7) is 6.66. The van der Waals surface area contributed by atoms with Crippen LogP contribution in [0.3, 0.4) is 0 Å². The molecule has 0 bridgehead atoms. The molecule has 4 heterocycles. The van der Waals surface area contributed by atoms with Crippen LogP contribution in [0.2, 0.25) is 0 Å². The first-order chi connectivity index (χ1) is 17.5. The van der Waals surface area contributed by atoms with E-state index < -0.39 is 0 Å². The van der Waals surface area contributed by atoms with Gasteiger partial charge in [-0.25, -0.2) is 4.52 Å². The smallest absolute Gasteiger partial charge is 0.240 e. The molecule has 0 aliphatic carbocycles. The van der Waals surface area contributed by atoms with Crippen LogP contribution < -0.4 is 15.8 Å². The lowest BCUT2D eigenvalue weighted by Crippen LogP contribution is -2.45. The standard InChI is InChI=1S/C14H23N3O.C11H10N6O/c1-15-13-3-5-14(6-4-13)18-12-11-17-9-7-16(2)8-10-17;12-11-14-10-5-8(1-2-17(10)15-11)9-6-13-16(7-9)3-4-18/h3-6,15H,7-12H2,1-2H3;1-2,4-7H,3H2,(H2,12,15). The largest absolute Gasteiger partial charge is 0.492 e. The molecule has 0 unspecified atom stereocenters. The number of hydrogen-bond acceptors (Lipinski definition) is 9. The van der Waals surface area contributed by atoms with Crippen LogP contribution in [0.25, 0.3) is 16.8 Å². The first-order valence-electron chi connectivity index (χ1n) is 11.9. The lowest BCUT2D eigenvalue weighted by atomic mass is 10.1. The zero-order valence-electron chi connectivity index (χ0n) is 20.7. The Balaban J connectivity index is 0.000000169. The molecule has 11 nitrogen and oxygen atoms in total. The molecule has 0 radical (unpaired) electrons. The number of fused-ring (bicyclic) bond motifs is 1. The highest BCUT2D eigenvalue weighted by Crippen LogP contribution is 2.20. The number of pyridine rings is 1. The average Bonchev–Trinajstić information content (AvgIpc) is 3.51. The van der Waals surface area contributed by atoms with Gasteiger partial charge in [-0.2, -0.15) is 10.1 Å². The number of nitrogens with zero attached hydrogens (tertiary/aromatic N) is 7. The van der Waals surface area contributed by atoms with Crippen molar-refractivity contribution in [3.8, 4) is 16.9 Å². The third-order valence-electron chi connectivity index (χ3n) is 6.00. The number of anilines is 2. The molecule has 1 aliphatic rings. The highest BCUT2D eigenvalue weighted by atomic mass is 16.5. The number of piperazine rings is 1. The zero-order valence-corrected chi connectivity index (χ0v) is 20.7. The van der Waals surface area contributed by atoms with Gasteiger partial charge in [0.15, 0.2) is 5.65 Å². The van der Waals surface area contributed by atoms with E-state index in [-0.39, 0.29) is 12.5 Å². The fraction of sp³-hybridized carbons (Fsp3) is 0.360. The van der Waals surface area contributed by atoms with E-state index in [9.17, 15) is 4.79 Å². The molecule has 5 rings (SSSR count). The second-order valence-corrected chi connectivity index (χ2v) is 8.57. The second-order valence-electron chi connectivity index (χ2n) is 8.57. The maximum atomic E-state index is 10.4. The van der Waals surface area contributed by atoms with Crippen LogP contribution in [0.15, 0.2) is 55.0 Å². The highest BCUT2D eigenvalue weighted by molar-refractivity contribution is 5.66. The van der Waals surface area contributed by atoms with E-state index in [1.807, 2.05) is 43.4 Å². The van der Waals surface area contributed by atoms with Crippen molar-refractivity contribution in [2.24, 2.45) is 0 Å². The summed E-state index contributed by atoms with van der Waals surface area (Å²) in [4.78, 5) is 19.3. The number of nitrogens with two attached hydrogens (primary N) is 1. The average molecular weight is 492 g/mol. The molecule has 36 heavy (non-hydrogen) atoms. The molecule has 1 fully saturated rings. The molecule has 3 N–H and O–H groups in total. The number of nitrogens with one attached hydrogen (secondary N) is 1. The van der Waals surface area contributed by atoms with E-state index in [0.29, 0.717) is 5.65 Å². The van der Waals surface area contributed by atoms with Gasteiger partial charge in [0.05, 0.1) is 12.7 Å². The summed E-state index contributed by atoms with van der Waals surface area (Å²) in [5, 5.41) is 11.2. The van der Waals surface area contributed by atoms with Gasteiger partial charge in [-0.05, 0) is 49.0 Å². The molecule has 190 valence electrons. The normalized spacial score (nSPS) is 14.3. The van der Waals surface area contributed by atoms with E-state index in [1.165, 1.54) is 0 Å². The predicted molar refractivity (Wildman–Crippen MR) is 140 cm³/mol. The number of carbonyl (C=O) groups excluding carboxylic acids is 1. The van der Waals surface area contributed by atoms with Crippen molar-refractivity contribution in [3.63, 3.8) is 0 Å². The number of likely N-dealkylation sites (N-methyl/N-ethyl adjacent to an activating group) is 1. The Kier molecular flexibility index (Phi) is 8.48. The van der Waals surface area contributed by atoms with Crippen molar-refractivity contribution in [2.75, 3.05) is 64.5 Å². The highest BCUT2D eigenvalue weighted by Gasteiger charge is 2.13. The van der Waals surface area contributed by atoms with Gasteiger partial charge in [-0.15, -0.1) is 5.10 Å². The topological polar surface area (TPSA) is 119 Å². The number of benzene rings is 1. The molecular weight excluding hydrogens is 458 g/mol. The first kappa shape index (κ1) is 25.1. The van der Waals surface area contributed by atoms with Crippen LogP contribution in [-0.4, -0.2) is 93.9 Å². The Morgan fingerprint density at radius 3 is 2.61 bits per heavy atom. The maximum Gasteiger partial charge on any atom is 0.240 e. The van der Waals surface area contributed by atoms with Crippen LogP contribution >= 0.6 is 0 Å². The number of nitrogen functional groups attached to an aromatic ring is 1. The third kappa shape index (κ3) is 6.80. The molecule has 0 spiro atoms. The van der Waals surface area contributed by atoms with E-state index in [1.54, 1.807) is 27.8 Å². The minimum Gasteiger partial charge on any atom is -0.492 e. The number of rotatable bonds is 8. The van der Waals surface area contributed by atoms with Crippen LogP contribution in [0, 0.1) is 0 Å². The van der Waals surface area contributed by atoms with E-state index in [2.05, 4.69) is 37.3 Å². The summed E-state index contributed by atoms with van der Waals surface area (Å²) < 4.78 is 8.93. The summed E-state index contributed by atoms with van der Waals surface area (Å²) >= 11 is 0. The Morgan fingerprint density at radius 2 is 1.89 bits per heavy atom. The predicted octanol–water partition coefficient (Wildman–Crippen LogP) is 1.73. The van der Waals surface area contributed by atoms with E-state index in [4.69, 9.17) is 10.5 Å². The molecule has 1 aromatic carbocycles.